The van der Waals surface area contributed by atoms with E-state index in [2.05, 4.69) is 10.3 Å². The number of methoxy groups -OCH3 is 1. The summed E-state index contributed by atoms with van der Waals surface area (Å²) >= 11 is 0. The van der Waals surface area contributed by atoms with Crippen molar-refractivity contribution in [3.05, 3.63) is 53.4 Å². The average Bonchev–Trinajstić information content (AvgIpc) is 3.08. The van der Waals surface area contributed by atoms with Crippen LogP contribution in [0.5, 0.6) is 5.75 Å². The van der Waals surface area contributed by atoms with Crippen LogP contribution in [0.1, 0.15) is 31.0 Å². The number of aliphatic hydroxyl groups excluding tert-OH is 2. The number of hydrogen-bond acceptors (Lipinski definition) is 6. The van der Waals surface area contributed by atoms with Gasteiger partial charge in [-0.3, -0.25) is 9.78 Å². The van der Waals surface area contributed by atoms with E-state index >= 15 is 0 Å². The highest BCUT2D eigenvalue weighted by molar-refractivity contribution is 5.95. The molecule has 0 radical (unpaired) electrons. The van der Waals surface area contributed by atoms with Gasteiger partial charge in [0, 0.05) is 29.5 Å². The zero-order chi connectivity index (χ0) is 26.1. The Hall–Kier alpha value is -2.83. The number of pyridine rings is 1. The maximum atomic E-state index is 14.4. The molecule has 2 heterocycles. The fourth-order valence-electron chi connectivity index (χ4n) is 4.18. The molecule has 192 valence electrons. The van der Waals surface area contributed by atoms with Crippen LogP contribution >= 0.6 is 0 Å². The molecule has 1 aliphatic heterocycles. The van der Waals surface area contributed by atoms with Crippen molar-refractivity contribution in [2.45, 2.75) is 50.2 Å². The molecule has 0 aliphatic carbocycles. The largest absolute Gasteiger partial charge is 0.493 e. The lowest BCUT2D eigenvalue weighted by molar-refractivity contribution is -0.272. The number of carbonyl (C=O) groups excluding carboxylic acids is 1. The molecule has 0 unspecified atom stereocenters. The first-order valence-electron chi connectivity index (χ1n) is 10.6. The van der Waals surface area contributed by atoms with Crippen LogP contribution in [0.3, 0.4) is 0 Å². The van der Waals surface area contributed by atoms with Crippen LogP contribution in [0, 0.1) is 17.6 Å². The molecule has 2 aromatic rings. The maximum absolute atomic E-state index is 14.4. The number of halogens is 5. The number of nitrogens with zero attached hydrogens (tertiary/aromatic N) is 1. The third kappa shape index (κ3) is 5.09. The van der Waals surface area contributed by atoms with E-state index in [1.807, 2.05) is 0 Å². The van der Waals surface area contributed by atoms with Crippen molar-refractivity contribution in [2.75, 3.05) is 19.0 Å². The lowest BCUT2D eigenvalue weighted by atomic mass is 9.77. The number of benzene rings is 1. The summed E-state index contributed by atoms with van der Waals surface area (Å²) in [6, 6.07) is 4.70. The number of rotatable bonds is 7. The number of nitrogens with one attached hydrogen (secondary N) is 1. The Morgan fingerprint density at radius 1 is 1.29 bits per heavy atom. The Bertz CT molecular complexity index is 1070. The number of ether oxygens (including phenoxy) is 2. The van der Waals surface area contributed by atoms with Gasteiger partial charge in [-0.15, -0.1) is 0 Å². The van der Waals surface area contributed by atoms with Gasteiger partial charge in [0.15, 0.2) is 17.2 Å². The lowest BCUT2D eigenvalue weighted by Crippen LogP contribution is -2.47. The number of anilines is 1. The second-order valence-electron chi connectivity index (χ2n) is 8.51. The second-order valence-corrected chi connectivity index (χ2v) is 8.51. The highest BCUT2D eigenvalue weighted by Crippen LogP contribution is 2.55. The summed E-state index contributed by atoms with van der Waals surface area (Å²) in [5.41, 5.74) is -2.37. The van der Waals surface area contributed by atoms with Crippen molar-refractivity contribution in [1.29, 1.82) is 0 Å². The monoisotopic (exact) mass is 504 g/mol. The fraction of sp³-hybridized carbons (Fsp3) is 0.478. The first-order valence-corrected chi connectivity index (χ1v) is 10.6. The highest BCUT2D eigenvalue weighted by atomic mass is 19.4. The predicted molar refractivity (Wildman–Crippen MR) is 114 cm³/mol. The molecule has 1 aliphatic rings. The van der Waals surface area contributed by atoms with Crippen LogP contribution in [0.2, 0.25) is 0 Å². The zero-order valence-corrected chi connectivity index (χ0v) is 19.1. The molecular weight excluding hydrogens is 479 g/mol. The first-order chi connectivity index (χ1) is 16.3. The molecular formula is C23H25F5N2O5. The fourth-order valence-corrected chi connectivity index (χ4v) is 4.18. The molecule has 5 atom stereocenters. The van der Waals surface area contributed by atoms with Crippen LogP contribution < -0.4 is 10.1 Å². The standard InChI is InChI=1S/C23H25F5N2O5/c1-11-17(15-6-7-16(24)18(25)19(15)34-3)20(35-22(11,2)23(26,27)28)21(33)30-13-5-4-12(29-9-13)8-14(32)10-31/h4-7,9,11,14,17,20,31-32H,8,10H2,1-3H3,(H,30,33)/t11-,14+,17-,20+,22+/m0/s1. The van der Waals surface area contributed by atoms with Gasteiger partial charge in [-0.25, -0.2) is 4.39 Å². The van der Waals surface area contributed by atoms with E-state index < -0.39 is 65.7 Å². The third-order valence-corrected chi connectivity index (χ3v) is 6.32. The smallest absolute Gasteiger partial charge is 0.417 e. The van der Waals surface area contributed by atoms with Gasteiger partial charge >= 0.3 is 6.18 Å². The van der Waals surface area contributed by atoms with Gasteiger partial charge in [-0.2, -0.15) is 17.6 Å². The average molecular weight is 504 g/mol. The van der Waals surface area contributed by atoms with Crippen molar-refractivity contribution in [1.82, 2.24) is 4.98 Å². The summed E-state index contributed by atoms with van der Waals surface area (Å²) in [7, 11) is 1.04. The predicted octanol–water partition coefficient (Wildman–Crippen LogP) is 3.34. The van der Waals surface area contributed by atoms with Crippen LogP contribution in [0.4, 0.5) is 27.6 Å². The lowest BCUT2D eigenvalue weighted by Gasteiger charge is -2.32. The Morgan fingerprint density at radius 3 is 2.51 bits per heavy atom. The summed E-state index contributed by atoms with van der Waals surface area (Å²) in [6.07, 6.45) is -6.35. The van der Waals surface area contributed by atoms with Crippen LogP contribution in [-0.2, 0) is 16.0 Å². The Kier molecular flexibility index (Phi) is 7.68. The van der Waals surface area contributed by atoms with Crippen molar-refractivity contribution >= 4 is 11.6 Å². The van der Waals surface area contributed by atoms with E-state index in [1.165, 1.54) is 25.3 Å². The summed E-state index contributed by atoms with van der Waals surface area (Å²) in [5.74, 6) is -6.91. The van der Waals surface area contributed by atoms with Gasteiger partial charge in [0.1, 0.15) is 6.10 Å². The van der Waals surface area contributed by atoms with Gasteiger partial charge in [-0.1, -0.05) is 13.0 Å². The van der Waals surface area contributed by atoms with Gasteiger partial charge in [0.05, 0.1) is 31.7 Å². The van der Waals surface area contributed by atoms with E-state index in [4.69, 9.17) is 14.6 Å². The molecule has 1 amide bonds. The first kappa shape index (κ1) is 26.8. The molecule has 12 heteroatoms. The second kappa shape index (κ2) is 10.0. The van der Waals surface area contributed by atoms with E-state index in [-0.39, 0.29) is 17.7 Å². The number of hydrogen-bond donors (Lipinski definition) is 3. The molecule has 35 heavy (non-hydrogen) atoms. The van der Waals surface area contributed by atoms with Crippen LogP contribution in [-0.4, -0.2) is 58.8 Å². The number of alkyl halides is 3. The number of carbonyl (C=O) groups is 1. The molecule has 0 spiro atoms. The van der Waals surface area contributed by atoms with E-state index in [0.717, 1.165) is 26.2 Å². The van der Waals surface area contributed by atoms with Crippen LogP contribution in [0.25, 0.3) is 0 Å². The zero-order valence-electron chi connectivity index (χ0n) is 19.1. The van der Waals surface area contributed by atoms with E-state index in [9.17, 15) is 31.9 Å². The SMILES string of the molecule is COc1c([C@H]2[C@H](C(=O)Nc3ccc(C[C@@H](O)CO)nc3)O[C@@](C)(C(F)(F)F)[C@H]2C)ccc(F)c1F. The molecule has 3 rings (SSSR count). The van der Waals surface area contributed by atoms with E-state index in [0.29, 0.717) is 5.69 Å². The Balaban J connectivity index is 1.96. The summed E-state index contributed by atoms with van der Waals surface area (Å²) in [5, 5.41) is 20.9. The van der Waals surface area contributed by atoms with E-state index in [1.54, 1.807) is 0 Å². The molecule has 1 aromatic heterocycles. The third-order valence-electron chi connectivity index (χ3n) is 6.32. The van der Waals surface area contributed by atoms with Gasteiger partial charge in [-0.05, 0) is 25.1 Å². The number of aliphatic hydroxyl groups is 2. The molecule has 0 saturated carbocycles. The topological polar surface area (TPSA) is 101 Å². The van der Waals surface area contributed by atoms with Crippen molar-refractivity contribution in [2.24, 2.45) is 5.92 Å². The minimum atomic E-state index is -4.87. The molecule has 3 N–H and O–H groups in total. The van der Waals surface area contributed by atoms with Gasteiger partial charge in [0.2, 0.25) is 5.82 Å². The molecule has 0 bridgehead atoms. The number of amides is 1. The molecule has 7 nitrogen and oxygen atoms in total. The van der Waals surface area contributed by atoms with Crippen molar-refractivity contribution in [3.63, 3.8) is 0 Å². The molecule has 1 aromatic carbocycles. The normalized spacial score (nSPS) is 25.4. The van der Waals surface area contributed by atoms with Gasteiger partial charge < -0.3 is 25.0 Å². The molecule has 1 saturated heterocycles. The highest BCUT2D eigenvalue weighted by Gasteiger charge is 2.65. The minimum Gasteiger partial charge on any atom is -0.493 e. The molecule has 1 fully saturated rings. The minimum absolute atomic E-state index is 0.0515. The number of aromatic nitrogens is 1. The Morgan fingerprint density at radius 2 is 1.97 bits per heavy atom. The summed E-state index contributed by atoms with van der Waals surface area (Å²) in [4.78, 5) is 17.1. The summed E-state index contributed by atoms with van der Waals surface area (Å²) in [6.45, 7) is 1.55. The quantitative estimate of drug-likeness (QED) is 0.500. The van der Waals surface area contributed by atoms with Gasteiger partial charge in [0.25, 0.3) is 5.91 Å². The Labute approximate surface area is 197 Å². The maximum Gasteiger partial charge on any atom is 0.417 e. The van der Waals surface area contributed by atoms with Crippen molar-refractivity contribution in [3.8, 4) is 5.75 Å². The van der Waals surface area contributed by atoms with Crippen LogP contribution in [0.15, 0.2) is 30.5 Å². The van der Waals surface area contributed by atoms with Crippen molar-refractivity contribution < 1.29 is 46.4 Å². The summed E-state index contributed by atoms with van der Waals surface area (Å²) < 4.78 is 80.3.